The molecule has 1 aliphatic heterocycles. The van der Waals surface area contributed by atoms with E-state index in [0.29, 0.717) is 24.4 Å². The van der Waals surface area contributed by atoms with E-state index in [4.69, 9.17) is 4.74 Å². The second kappa shape index (κ2) is 13.8. The predicted octanol–water partition coefficient (Wildman–Crippen LogP) is 5.04. The summed E-state index contributed by atoms with van der Waals surface area (Å²) in [4.78, 5) is 30.7. The molecule has 0 radical (unpaired) electrons. The molecule has 39 heavy (non-hydrogen) atoms. The van der Waals surface area contributed by atoms with E-state index in [1.54, 1.807) is 13.2 Å². The third-order valence-electron chi connectivity index (χ3n) is 6.90. The lowest BCUT2D eigenvalue weighted by molar-refractivity contribution is 0.0949. The number of rotatable bonds is 10. The minimum atomic E-state index is -0.351. The minimum absolute atomic E-state index is 0.161. The highest BCUT2D eigenvalue weighted by atomic mass is 16.5. The third-order valence-corrected chi connectivity index (χ3v) is 6.90. The summed E-state index contributed by atoms with van der Waals surface area (Å²) < 4.78 is 5.11. The fraction of sp³-hybridized carbons (Fsp3) is 0.355. The van der Waals surface area contributed by atoms with Crippen molar-refractivity contribution in [3.8, 4) is 0 Å². The number of amides is 3. The van der Waals surface area contributed by atoms with E-state index in [1.165, 1.54) is 5.56 Å². The van der Waals surface area contributed by atoms with Gasteiger partial charge in [0.05, 0.1) is 5.56 Å². The largest absolute Gasteiger partial charge is 0.385 e. The molecule has 0 spiro atoms. The number of urea groups is 1. The Morgan fingerprint density at radius 1 is 0.897 bits per heavy atom. The Balaban J connectivity index is 1.45. The van der Waals surface area contributed by atoms with Crippen LogP contribution in [-0.2, 0) is 11.3 Å². The molecular weight excluding hydrogens is 490 g/mol. The lowest BCUT2D eigenvalue weighted by Gasteiger charge is -2.37. The highest BCUT2D eigenvalue weighted by Gasteiger charge is 2.22. The fourth-order valence-electron chi connectivity index (χ4n) is 4.81. The second-order valence-electron chi connectivity index (χ2n) is 9.98. The number of ether oxygens (including phenoxy) is 1. The van der Waals surface area contributed by atoms with Gasteiger partial charge in [-0.05, 0) is 55.7 Å². The summed E-state index contributed by atoms with van der Waals surface area (Å²) in [6.45, 7) is 9.43. The quantitative estimate of drug-likeness (QED) is 0.321. The number of hydrogen-bond acceptors (Lipinski definition) is 5. The first-order chi connectivity index (χ1) is 18.9. The minimum Gasteiger partial charge on any atom is -0.385 e. The van der Waals surface area contributed by atoms with Crippen molar-refractivity contribution in [2.24, 2.45) is 0 Å². The summed E-state index contributed by atoms with van der Waals surface area (Å²) in [5.74, 6) is -0.161. The number of hydrogen-bond donors (Lipinski definition) is 3. The van der Waals surface area contributed by atoms with Crippen LogP contribution in [-0.4, -0.2) is 63.3 Å². The smallest absolute Gasteiger partial charge is 0.323 e. The first kappa shape index (κ1) is 28.1. The van der Waals surface area contributed by atoms with Gasteiger partial charge in [-0.1, -0.05) is 48.0 Å². The predicted molar refractivity (Wildman–Crippen MR) is 158 cm³/mol. The molecule has 3 aromatic rings. The molecule has 0 saturated carbocycles. The Morgan fingerprint density at radius 3 is 2.38 bits per heavy atom. The van der Waals surface area contributed by atoms with E-state index >= 15 is 0 Å². The number of methoxy groups -OCH3 is 1. The van der Waals surface area contributed by atoms with Crippen LogP contribution in [0.1, 0.15) is 33.5 Å². The van der Waals surface area contributed by atoms with E-state index < -0.39 is 0 Å². The first-order valence-corrected chi connectivity index (χ1v) is 13.5. The van der Waals surface area contributed by atoms with E-state index in [1.807, 2.05) is 50.2 Å². The topological polar surface area (TPSA) is 85.9 Å². The molecule has 0 aromatic heterocycles. The van der Waals surface area contributed by atoms with Gasteiger partial charge in [0.2, 0.25) is 0 Å². The molecule has 4 rings (SSSR count). The van der Waals surface area contributed by atoms with Crippen molar-refractivity contribution in [2.75, 3.05) is 62.0 Å². The van der Waals surface area contributed by atoms with Crippen molar-refractivity contribution in [3.63, 3.8) is 0 Å². The lowest BCUT2D eigenvalue weighted by atomic mass is 10.1. The number of anilines is 3. The van der Waals surface area contributed by atoms with E-state index in [0.717, 1.165) is 61.6 Å². The molecule has 206 valence electrons. The fourth-order valence-corrected chi connectivity index (χ4v) is 4.81. The summed E-state index contributed by atoms with van der Waals surface area (Å²) in [6, 6.07) is 21.6. The molecule has 0 atom stereocenters. The SMILES string of the molecule is COCCCNC(=O)c1cc(NC(=O)Nc2ccc(C)cc2C)ccc1N1CCN(Cc2ccccc2)CC1. The summed E-state index contributed by atoms with van der Waals surface area (Å²) in [5, 5.41) is 8.80. The number of nitrogens with one attached hydrogen (secondary N) is 3. The molecule has 0 unspecified atom stereocenters. The molecule has 1 aliphatic rings. The van der Waals surface area contributed by atoms with Gasteiger partial charge in [0.1, 0.15) is 0 Å². The number of benzene rings is 3. The molecule has 3 aromatic carbocycles. The number of carbonyl (C=O) groups excluding carboxylic acids is 2. The number of carbonyl (C=O) groups is 2. The summed E-state index contributed by atoms with van der Waals surface area (Å²) in [5.41, 5.74) is 6.16. The molecule has 1 fully saturated rings. The van der Waals surface area contributed by atoms with Gasteiger partial charge in [0.25, 0.3) is 5.91 Å². The van der Waals surface area contributed by atoms with Gasteiger partial charge in [-0.2, -0.15) is 0 Å². The van der Waals surface area contributed by atoms with E-state index in [9.17, 15) is 9.59 Å². The first-order valence-electron chi connectivity index (χ1n) is 13.5. The zero-order valence-electron chi connectivity index (χ0n) is 23.1. The van der Waals surface area contributed by atoms with Crippen LogP contribution in [0.4, 0.5) is 21.9 Å². The molecule has 8 nitrogen and oxygen atoms in total. The standard InChI is InChI=1S/C31H39N5O3/c1-23-10-12-28(24(2)20-23)34-31(38)33-26-11-13-29(27(21-26)30(37)32-14-7-19-39-3)36-17-15-35(16-18-36)22-25-8-5-4-6-9-25/h4-6,8-13,20-21H,7,14-19,22H2,1-3H3,(H,32,37)(H2,33,34,38). The molecule has 0 bridgehead atoms. The lowest BCUT2D eigenvalue weighted by Crippen LogP contribution is -2.46. The maximum atomic E-state index is 13.3. The van der Waals surface area contributed by atoms with Gasteiger partial charge in [0.15, 0.2) is 0 Å². The van der Waals surface area contributed by atoms with Crippen molar-refractivity contribution in [1.29, 1.82) is 0 Å². The van der Waals surface area contributed by atoms with Crippen molar-refractivity contribution in [1.82, 2.24) is 10.2 Å². The normalized spacial score (nSPS) is 13.7. The van der Waals surface area contributed by atoms with Gasteiger partial charge in [-0.15, -0.1) is 0 Å². The van der Waals surface area contributed by atoms with Crippen LogP contribution < -0.4 is 20.9 Å². The van der Waals surface area contributed by atoms with Crippen molar-refractivity contribution < 1.29 is 14.3 Å². The summed E-state index contributed by atoms with van der Waals surface area (Å²) in [6.07, 6.45) is 0.728. The maximum Gasteiger partial charge on any atom is 0.323 e. The van der Waals surface area contributed by atoms with Crippen LogP contribution in [0, 0.1) is 13.8 Å². The van der Waals surface area contributed by atoms with Crippen LogP contribution in [0.5, 0.6) is 0 Å². The van der Waals surface area contributed by atoms with Crippen molar-refractivity contribution in [3.05, 3.63) is 89.0 Å². The highest BCUT2D eigenvalue weighted by Crippen LogP contribution is 2.27. The zero-order valence-corrected chi connectivity index (χ0v) is 23.1. The molecule has 3 amide bonds. The number of piperazine rings is 1. The average Bonchev–Trinajstić information content (AvgIpc) is 2.93. The molecule has 1 heterocycles. The monoisotopic (exact) mass is 529 g/mol. The molecular formula is C31H39N5O3. The summed E-state index contributed by atoms with van der Waals surface area (Å²) >= 11 is 0. The second-order valence-corrected chi connectivity index (χ2v) is 9.98. The summed E-state index contributed by atoms with van der Waals surface area (Å²) in [7, 11) is 1.65. The Kier molecular flexibility index (Phi) is 9.94. The van der Waals surface area contributed by atoms with Gasteiger partial charge < -0.3 is 25.6 Å². The Labute approximate surface area is 231 Å². The Hall–Kier alpha value is -3.88. The van der Waals surface area contributed by atoms with E-state index in [2.05, 4.69) is 50.0 Å². The van der Waals surface area contributed by atoms with Crippen LogP contribution in [0.3, 0.4) is 0 Å². The Morgan fingerprint density at radius 2 is 1.67 bits per heavy atom. The van der Waals surface area contributed by atoms with Crippen LogP contribution in [0.25, 0.3) is 0 Å². The van der Waals surface area contributed by atoms with Gasteiger partial charge in [-0.3, -0.25) is 9.69 Å². The average molecular weight is 530 g/mol. The van der Waals surface area contributed by atoms with Crippen LogP contribution >= 0.6 is 0 Å². The number of aryl methyl sites for hydroxylation is 2. The van der Waals surface area contributed by atoms with Crippen LogP contribution in [0.15, 0.2) is 66.7 Å². The van der Waals surface area contributed by atoms with Gasteiger partial charge in [0, 0.05) is 70.0 Å². The number of nitrogens with zero attached hydrogens (tertiary/aromatic N) is 2. The van der Waals surface area contributed by atoms with Crippen molar-refractivity contribution >= 4 is 29.0 Å². The highest BCUT2D eigenvalue weighted by molar-refractivity contribution is 6.04. The molecule has 0 aliphatic carbocycles. The van der Waals surface area contributed by atoms with Crippen LogP contribution in [0.2, 0.25) is 0 Å². The van der Waals surface area contributed by atoms with Gasteiger partial charge >= 0.3 is 6.03 Å². The molecule has 1 saturated heterocycles. The van der Waals surface area contributed by atoms with Gasteiger partial charge in [-0.25, -0.2) is 4.79 Å². The maximum absolute atomic E-state index is 13.3. The van der Waals surface area contributed by atoms with E-state index in [-0.39, 0.29) is 11.9 Å². The zero-order chi connectivity index (χ0) is 27.6. The van der Waals surface area contributed by atoms with Crippen molar-refractivity contribution in [2.45, 2.75) is 26.8 Å². The third kappa shape index (κ3) is 8.05. The molecule has 8 heteroatoms. The molecule has 3 N–H and O–H groups in total. The Bertz CT molecular complexity index is 1260.